The van der Waals surface area contributed by atoms with E-state index in [4.69, 9.17) is 14.2 Å². The molecular weight excluding hydrogens is 512 g/mol. The zero-order chi connectivity index (χ0) is 29.0. The van der Waals surface area contributed by atoms with E-state index >= 15 is 0 Å². The minimum absolute atomic E-state index is 0.0305. The molecule has 0 atom stereocenters. The monoisotopic (exact) mass is 554 g/mol. The Labute approximate surface area is 236 Å². The van der Waals surface area contributed by atoms with Crippen molar-refractivity contribution < 1.29 is 33.7 Å². The summed E-state index contributed by atoms with van der Waals surface area (Å²) in [5.41, 5.74) is 1.34. The summed E-state index contributed by atoms with van der Waals surface area (Å²) >= 11 is 0. The lowest BCUT2D eigenvalue weighted by atomic mass is 9.80. The number of aliphatic carboxylic acids is 1. The average molecular weight is 555 g/mol. The Morgan fingerprint density at radius 2 is 1.60 bits per heavy atom. The highest BCUT2D eigenvalue weighted by Crippen LogP contribution is 2.33. The molecule has 9 nitrogen and oxygen atoms in total. The third kappa shape index (κ3) is 8.45. The van der Waals surface area contributed by atoms with Crippen molar-refractivity contribution in [3.05, 3.63) is 59.2 Å². The molecular formula is C31H42N2O7. The Hall–Kier alpha value is -3.59. The molecule has 1 fully saturated rings. The fourth-order valence-corrected chi connectivity index (χ4v) is 4.96. The first-order valence-electron chi connectivity index (χ1n) is 14.1. The van der Waals surface area contributed by atoms with E-state index in [0.717, 1.165) is 24.8 Å². The van der Waals surface area contributed by atoms with E-state index in [9.17, 15) is 19.5 Å². The third-order valence-electron chi connectivity index (χ3n) is 7.21. The number of ketones is 1. The van der Waals surface area contributed by atoms with Crippen molar-refractivity contribution in [1.29, 1.82) is 0 Å². The molecule has 3 rings (SSSR count). The lowest BCUT2D eigenvalue weighted by Crippen LogP contribution is -2.49. The number of carbonyl (C=O) groups is 3. The zero-order valence-electron chi connectivity index (χ0n) is 23.9. The highest BCUT2D eigenvalue weighted by molar-refractivity contribution is 5.99. The molecule has 0 radical (unpaired) electrons. The Balaban J connectivity index is 1.80. The SMILES string of the molecule is CCOc1cc(CN(CCCCc2ccccc2)C(=O)NCC2(C(=O)O)CCOCC2)cc(OCC)c1C(C)=O. The van der Waals surface area contributed by atoms with Crippen molar-refractivity contribution in [2.45, 2.75) is 59.4 Å². The summed E-state index contributed by atoms with van der Waals surface area (Å²) in [4.78, 5) is 39.7. The predicted octanol–water partition coefficient (Wildman–Crippen LogP) is 5.10. The Kier molecular flexibility index (Phi) is 11.8. The smallest absolute Gasteiger partial charge is 0.317 e. The van der Waals surface area contributed by atoms with Crippen molar-refractivity contribution in [2.75, 3.05) is 39.5 Å². The van der Waals surface area contributed by atoms with Gasteiger partial charge in [0, 0.05) is 32.8 Å². The number of carboxylic acids is 1. The number of hydrogen-bond donors (Lipinski definition) is 2. The first-order chi connectivity index (χ1) is 19.3. The normalized spacial score (nSPS) is 14.3. The molecule has 0 spiro atoms. The number of carboxylic acid groups (broad SMARTS) is 1. The van der Waals surface area contributed by atoms with Gasteiger partial charge in [-0.05, 0) is 76.1 Å². The van der Waals surface area contributed by atoms with Crippen LogP contribution >= 0.6 is 0 Å². The fourth-order valence-electron chi connectivity index (χ4n) is 4.96. The number of nitrogens with zero attached hydrogens (tertiary/aromatic N) is 1. The van der Waals surface area contributed by atoms with Crippen LogP contribution in [-0.2, 0) is 22.5 Å². The molecule has 0 aliphatic carbocycles. The summed E-state index contributed by atoms with van der Waals surface area (Å²) in [6, 6.07) is 13.4. The van der Waals surface area contributed by atoms with Gasteiger partial charge in [0.05, 0.1) is 18.6 Å². The summed E-state index contributed by atoms with van der Waals surface area (Å²) in [6.45, 7) is 7.38. The van der Waals surface area contributed by atoms with Crippen molar-refractivity contribution in [1.82, 2.24) is 10.2 Å². The van der Waals surface area contributed by atoms with E-state index in [1.54, 1.807) is 17.0 Å². The third-order valence-corrected chi connectivity index (χ3v) is 7.21. The van der Waals surface area contributed by atoms with Gasteiger partial charge in [-0.25, -0.2) is 4.79 Å². The van der Waals surface area contributed by atoms with E-state index < -0.39 is 11.4 Å². The van der Waals surface area contributed by atoms with E-state index in [2.05, 4.69) is 17.4 Å². The van der Waals surface area contributed by atoms with Crippen molar-refractivity contribution in [3.8, 4) is 11.5 Å². The number of ether oxygens (including phenoxy) is 3. The van der Waals surface area contributed by atoms with E-state index in [0.29, 0.717) is 62.9 Å². The lowest BCUT2D eigenvalue weighted by molar-refractivity contribution is -0.154. The van der Waals surface area contributed by atoms with Crippen molar-refractivity contribution in [2.24, 2.45) is 5.41 Å². The van der Waals surface area contributed by atoms with Crippen LogP contribution < -0.4 is 14.8 Å². The van der Waals surface area contributed by atoms with Gasteiger partial charge in [-0.2, -0.15) is 0 Å². The second-order valence-electron chi connectivity index (χ2n) is 10.1. The van der Waals surface area contributed by atoms with Crippen LogP contribution in [0.25, 0.3) is 0 Å². The number of urea groups is 1. The largest absolute Gasteiger partial charge is 0.493 e. The molecule has 1 aliphatic rings. The number of nitrogens with one attached hydrogen (secondary N) is 1. The van der Waals surface area contributed by atoms with Crippen LogP contribution in [0.3, 0.4) is 0 Å². The number of Topliss-reactive ketones (excluding diaryl/α,β-unsaturated/α-hetero) is 1. The summed E-state index contributed by atoms with van der Waals surface area (Å²) in [5.74, 6) is -0.239. The maximum atomic E-state index is 13.5. The first-order valence-corrected chi connectivity index (χ1v) is 14.1. The molecule has 2 N–H and O–H groups in total. The molecule has 1 saturated heterocycles. The molecule has 40 heavy (non-hydrogen) atoms. The quantitative estimate of drug-likeness (QED) is 0.232. The summed E-state index contributed by atoms with van der Waals surface area (Å²) in [5, 5.41) is 12.8. The molecule has 1 aliphatic heterocycles. The summed E-state index contributed by atoms with van der Waals surface area (Å²) in [6.07, 6.45) is 3.25. The molecule has 2 aromatic carbocycles. The van der Waals surface area contributed by atoms with Crippen LogP contribution in [0.4, 0.5) is 4.79 Å². The number of unbranched alkanes of at least 4 members (excludes halogenated alkanes) is 1. The van der Waals surface area contributed by atoms with Gasteiger partial charge in [0.25, 0.3) is 0 Å². The second-order valence-corrected chi connectivity index (χ2v) is 10.1. The maximum absolute atomic E-state index is 13.5. The van der Waals surface area contributed by atoms with Crippen LogP contribution in [0.2, 0.25) is 0 Å². The molecule has 218 valence electrons. The number of carbonyl (C=O) groups excluding carboxylic acids is 2. The van der Waals surface area contributed by atoms with Crippen LogP contribution in [0.5, 0.6) is 11.5 Å². The van der Waals surface area contributed by atoms with Gasteiger partial charge >= 0.3 is 12.0 Å². The second kappa shape index (κ2) is 15.3. The molecule has 9 heteroatoms. The van der Waals surface area contributed by atoms with Crippen LogP contribution in [-0.4, -0.2) is 67.3 Å². The molecule has 0 unspecified atom stereocenters. The van der Waals surface area contributed by atoms with Gasteiger partial charge in [-0.15, -0.1) is 0 Å². The average Bonchev–Trinajstić information content (AvgIpc) is 2.94. The summed E-state index contributed by atoms with van der Waals surface area (Å²) < 4.78 is 16.9. The number of benzene rings is 2. The number of aryl methyl sites for hydroxylation is 1. The first kappa shape index (κ1) is 30.9. The van der Waals surface area contributed by atoms with E-state index in [1.165, 1.54) is 12.5 Å². The van der Waals surface area contributed by atoms with E-state index in [-0.39, 0.29) is 24.9 Å². The molecule has 0 aromatic heterocycles. The molecule has 1 heterocycles. The topological polar surface area (TPSA) is 114 Å². The van der Waals surface area contributed by atoms with Gasteiger partial charge in [0.2, 0.25) is 0 Å². The summed E-state index contributed by atoms with van der Waals surface area (Å²) in [7, 11) is 0. The number of hydrogen-bond acceptors (Lipinski definition) is 6. The lowest BCUT2D eigenvalue weighted by Gasteiger charge is -2.34. The maximum Gasteiger partial charge on any atom is 0.317 e. The molecule has 2 aromatic rings. The Morgan fingerprint density at radius 1 is 0.975 bits per heavy atom. The Bertz CT molecular complexity index is 1100. The van der Waals surface area contributed by atoms with Gasteiger partial charge < -0.3 is 29.5 Å². The zero-order valence-corrected chi connectivity index (χ0v) is 23.9. The standard InChI is InChI=1S/C31H42N2O7/c1-4-39-26-19-25(20-27(40-5-2)28(26)23(3)34)21-33(16-10-9-13-24-11-7-6-8-12-24)30(37)32-22-31(29(35)36)14-17-38-18-15-31/h6-8,11-12,19-20H,4-5,9-10,13-18,21-22H2,1-3H3,(H,32,37)(H,35,36). The fraction of sp³-hybridized carbons (Fsp3) is 0.516. The van der Waals surface area contributed by atoms with E-state index in [1.807, 2.05) is 32.0 Å². The highest BCUT2D eigenvalue weighted by atomic mass is 16.5. The molecule has 0 saturated carbocycles. The van der Waals surface area contributed by atoms with Gasteiger partial charge in [-0.1, -0.05) is 30.3 Å². The van der Waals surface area contributed by atoms with Crippen LogP contribution in [0.15, 0.2) is 42.5 Å². The van der Waals surface area contributed by atoms with Gasteiger partial charge in [-0.3, -0.25) is 9.59 Å². The Morgan fingerprint density at radius 3 is 2.15 bits per heavy atom. The van der Waals surface area contributed by atoms with Crippen LogP contribution in [0, 0.1) is 5.41 Å². The molecule has 2 amide bonds. The minimum Gasteiger partial charge on any atom is -0.493 e. The van der Waals surface area contributed by atoms with Crippen molar-refractivity contribution in [3.63, 3.8) is 0 Å². The minimum atomic E-state index is -1.04. The molecule has 0 bridgehead atoms. The van der Waals surface area contributed by atoms with Crippen LogP contribution in [0.1, 0.15) is 67.9 Å². The number of rotatable bonds is 15. The predicted molar refractivity (Wildman–Crippen MR) is 152 cm³/mol. The highest BCUT2D eigenvalue weighted by Gasteiger charge is 2.40. The van der Waals surface area contributed by atoms with Gasteiger partial charge in [0.1, 0.15) is 17.1 Å². The van der Waals surface area contributed by atoms with Gasteiger partial charge in [0.15, 0.2) is 5.78 Å². The number of amides is 2. The van der Waals surface area contributed by atoms with Crippen molar-refractivity contribution >= 4 is 17.8 Å².